The topological polar surface area (TPSA) is 56.2 Å². The molecule has 1 unspecified atom stereocenters. The van der Waals surface area contributed by atoms with Gasteiger partial charge in [0.25, 0.3) is 0 Å². The Morgan fingerprint density at radius 3 is 2.61 bits per heavy atom. The standard InChI is InChI=1S/C14H16ClNO2/c1-14(2,3)13(16)11(17)10-7-8-5-4-6-9(15)12(8)18-10/h4-7,13H,16H2,1-3H3. The Morgan fingerprint density at radius 2 is 2.06 bits per heavy atom. The van der Waals surface area contributed by atoms with Crippen LogP contribution in [0.25, 0.3) is 11.0 Å². The molecule has 2 rings (SSSR count). The lowest BCUT2D eigenvalue weighted by molar-refractivity contribution is 0.0875. The molecule has 0 aliphatic rings. The molecule has 0 aliphatic heterocycles. The number of benzene rings is 1. The van der Waals surface area contributed by atoms with Crippen LogP contribution in [-0.2, 0) is 0 Å². The molecule has 3 nitrogen and oxygen atoms in total. The number of ketones is 1. The molecule has 4 heteroatoms. The Morgan fingerprint density at radius 1 is 1.39 bits per heavy atom. The van der Waals surface area contributed by atoms with Gasteiger partial charge in [0.1, 0.15) is 0 Å². The minimum atomic E-state index is -0.600. The van der Waals surface area contributed by atoms with Crippen LogP contribution in [0.2, 0.25) is 5.02 Å². The van der Waals surface area contributed by atoms with Crippen LogP contribution in [-0.4, -0.2) is 11.8 Å². The van der Waals surface area contributed by atoms with Crippen LogP contribution in [0, 0.1) is 5.41 Å². The van der Waals surface area contributed by atoms with Gasteiger partial charge in [0.05, 0.1) is 11.1 Å². The van der Waals surface area contributed by atoms with Gasteiger partial charge in [-0.1, -0.05) is 44.5 Å². The quantitative estimate of drug-likeness (QED) is 0.844. The lowest BCUT2D eigenvalue weighted by Gasteiger charge is -2.24. The van der Waals surface area contributed by atoms with Gasteiger partial charge in [-0.2, -0.15) is 0 Å². The number of nitrogens with two attached hydrogens (primary N) is 1. The lowest BCUT2D eigenvalue weighted by atomic mass is 9.84. The summed E-state index contributed by atoms with van der Waals surface area (Å²) in [5, 5.41) is 1.31. The molecule has 2 aromatic rings. The van der Waals surface area contributed by atoms with Crippen molar-refractivity contribution >= 4 is 28.4 Å². The zero-order valence-corrected chi connectivity index (χ0v) is 11.4. The first-order valence-electron chi connectivity index (χ1n) is 5.78. The van der Waals surface area contributed by atoms with Crippen molar-refractivity contribution in [2.45, 2.75) is 26.8 Å². The Bertz CT molecular complexity index is 595. The average Bonchev–Trinajstić information content (AvgIpc) is 2.71. The van der Waals surface area contributed by atoms with E-state index in [-0.39, 0.29) is 17.0 Å². The first-order chi connectivity index (χ1) is 8.30. The van der Waals surface area contributed by atoms with E-state index in [0.29, 0.717) is 10.6 Å². The summed E-state index contributed by atoms with van der Waals surface area (Å²) in [7, 11) is 0. The highest BCUT2D eigenvalue weighted by molar-refractivity contribution is 6.34. The monoisotopic (exact) mass is 265 g/mol. The van der Waals surface area contributed by atoms with Crippen molar-refractivity contribution in [3.05, 3.63) is 35.0 Å². The lowest BCUT2D eigenvalue weighted by Crippen LogP contribution is -2.42. The summed E-state index contributed by atoms with van der Waals surface area (Å²) in [5.74, 6) is 0.0651. The molecule has 1 aromatic heterocycles. The summed E-state index contributed by atoms with van der Waals surface area (Å²) in [5.41, 5.74) is 6.17. The van der Waals surface area contributed by atoms with Gasteiger partial charge >= 0.3 is 0 Å². The molecule has 1 atom stereocenters. The van der Waals surface area contributed by atoms with Crippen molar-refractivity contribution in [3.63, 3.8) is 0 Å². The number of halogens is 1. The van der Waals surface area contributed by atoms with Crippen molar-refractivity contribution in [2.75, 3.05) is 0 Å². The van der Waals surface area contributed by atoms with E-state index in [1.807, 2.05) is 32.9 Å². The van der Waals surface area contributed by atoms with Crippen molar-refractivity contribution in [1.82, 2.24) is 0 Å². The summed E-state index contributed by atoms with van der Waals surface area (Å²) in [6, 6.07) is 6.49. The zero-order chi connectivity index (χ0) is 13.5. The Kier molecular flexibility index (Phi) is 3.21. The summed E-state index contributed by atoms with van der Waals surface area (Å²) in [6.07, 6.45) is 0. The Labute approximate surface area is 111 Å². The maximum Gasteiger partial charge on any atom is 0.215 e. The molecule has 0 amide bonds. The summed E-state index contributed by atoms with van der Waals surface area (Å²) < 4.78 is 5.52. The second-order valence-corrected chi connectivity index (χ2v) is 5.88. The SMILES string of the molecule is CC(C)(C)C(N)C(=O)c1cc2cccc(Cl)c2o1. The third kappa shape index (κ3) is 2.28. The van der Waals surface area contributed by atoms with E-state index in [9.17, 15) is 4.79 Å². The van der Waals surface area contributed by atoms with Crippen molar-refractivity contribution < 1.29 is 9.21 Å². The van der Waals surface area contributed by atoms with E-state index < -0.39 is 6.04 Å². The van der Waals surface area contributed by atoms with Crippen LogP contribution < -0.4 is 5.73 Å². The van der Waals surface area contributed by atoms with Gasteiger partial charge < -0.3 is 10.2 Å². The van der Waals surface area contributed by atoms with E-state index >= 15 is 0 Å². The molecule has 0 radical (unpaired) electrons. The van der Waals surface area contributed by atoms with E-state index in [1.165, 1.54) is 0 Å². The minimum absolute atomic E-state index is 0.199. The van der Waals surface area contributed by atoms with Crippen molar-refractivity contribution in [3.8, 4) is 0 Å². The van der Waals surface area contributed by atoms with Gasteiger partial charge in [0, 0.05) is 5.39 Å². The van der Waals surface area contributed by atoms with Gasteiger partial charge in [0.15, 0.2) is 11.3 Å². The highest BCUT2D eigenvalue weighted by atomic mass is 35.5. The number of para-hydroxylation sites is 1. The van der Waals surface area contributed by atoms with Gasteiger partial charge in [-0.3, -0.25) is 4.79 Å². The van der Waals surface area contributed by atoms with Crippen LogP contribution in [0.3, 0.4) is 0 Å². The van der Waals surface area contributed by atoms with E-state index in [2.05, 4.69) is 0 Å². The smallest absolute Gasteiger partial charge is 0.215 e. The number of hydrogen-bond donors (Lipinski definition) is 1. The molecular formula is C14H16ClNO2. The normalized spacial score (nSPS) is 13.8. The van der Waals surface area contributed by atoms with Gasteiger partial charge in [-0.15, -0.1) is 0 Å². The number of furan rings is 1. The fraction of sp³-hybridized carbons (Fsp3) is 0.357. The molecule has 0 aliphatic carbocycles. The molecule has 0 saturated carbocycles. The molecule has 96 valence electrons. The Balaban J connectivity index is 2.43. The van der Waals surface area contributed by atoms with Gasteiger partial charge in [-0.25, -0.2) is 0 Å². The van der Waals surface area contributed by atoms with Crippen molar-refractivity contribution in [1.29, 1.82) is 0 Å². The Hall–Kier alpha value is -1.32. The molecule has 2 N–H and O–H groups in total. The zero-order valence-electron chi connectivity index (χ0n) is 10.7. The largest absolute Gasteiger partial charge is 0.451 e. The van der Waals surface area contributed by atoms with Crippen LogP contribution in [0.5, 0.6) is 0 Å². The number of carbonyl (C=O) groups is 1. The maximum atomic E-state index is 12.2. The number of fused-ring (bicyclic) bond motifs is 1. The highest BCUT2D eigenvalue weighted by Crippen LogP contribution is 2.29. The summed E-state index contributed by atoms with van der Waals surface area (Å²) in [4.78, 5) is 12.2. The second-order valence-electron chi connectivity index (χ2n) is 5.48. The highest BCUT2D eigenvalue weighted by Gasteiger charge is 2.30. The minimum Gasteiger partial charge on any atom is -0.451 e. The molecule has 0 spiro atoms. The van der Waals surface area contributed by atoms with Crippen LogP contribution in [0.4, 0.5) is 0 Å². The second kappa shape index (κ2) is 4.41. The maximum absolute atomic E-state index is 12.2. The number of hydrogen-bond acceptors (Lipinski definition) is 3. The summed E-state index contributed by atoms with van der Waals surface area (Å²) in [6.45, 7) is 5.77. The predicted molar refractivity (Wildman–Crippen MR) is 73.0 cm³/mol. The van der Waals surface area contributed by atoms with Gasteiger partial charge in [0.2, 0.25) is 5.78 Å². The first kappa shape index (κ1) is 13.1. The van der Waals surface area contributed by atoms with Crippen molar-refractivity contribution in [2.24, 2.45) is 11.1 Å². The van der Waals surface area contributed by atoms with Crippen LogP contribution >= 0.6 is 11.6 Å². The molecule has 18 heavy (non-hydrogen) atoms. The van der Waals surface area contributed by atoms with Crippen LogP contribution in [0.15, 0.2) is 28.7 Å². The summed E-state index contributed by atoms with van der Waals surface area (Å²) >= 11 is 6.01. The molecule has 0 fully saturated rings. The van der Waals surface area contributed by atoms with E-state index in [4.69, 9.17) is 21.8 Å². The van der Waals surface area contributed by atoms with E-state index in [0.717, 1.165) is 5.39 Å². The third-order valence-electron chi connectivity index (χ3n) is 2.95. The fourth-order valence-electron chi connectivity index (χ4n) is 1.70. The average molecular weight is 266 g/mol. The van der Waals surface area contributed by atoms with Crippen LogP contribution in [0.1, 0.15) is 31.3 Å². The molecule has 0 bridgehead atoms. The molecule has 1 aromatic carbocycles. The third-order valence-corrected chi connectivity index (χ3v) is 3.25. The number of carbonyl (C=O) groups excluding carboxylic acids is 1. The molecule has 1 heterocycles. The van der Waals surface area contributed by atoms with Gasteiger partial charge in [-0.05, 0) is 17.5 Å². The number of rotatable bonds is 2. The predicted octanol–water partition coefficient (Wildman–Crippen LogP) is 3.64. The van der Waals surface area contributed by atoms with E-state index in [1.54, 1.807) is 12.1 Å². The number of Topliss-reactive ketones (excluding diaryl/α,β-unsaturated/α-hetero) is 1. The fourth-order valence-corrected chi connectivity index (χ4v) is 1.92. The molecule has 0 saturated heterocycles. The first-order valence-corrected chi connectivity index (χ1v) is 6.16. The molecular weight excluding hydrogens is 250 g/mol.